The van der Waals surface area contributed by atoms with Gasteiger partial charge in [-0.1, -0.05) is 46.9 Å². The van der Waals surface area contributed by atoms with Crippen molar-refractivity contribution < 1.29 is 9.18 Å². The van der Waals surface area contributed by atoms with Crippen molar-refractivity contribution >= 4 is 57.7 Å². The molecule has 3 aromatic carbocycles. The number of amides is 1. The van der Waals surface area contributed by atoms with Crippen LogP contribution >= 0.6 is 34.8 Å². The summed E-state index contributed by atoms with van der Waals surface area (Å²) in [7, 11) is 0. The highest BCUT2D eigenvalue weighted by atomic mass is 35.5. The van der Waals surface area contributed by atoms with Gasteiger partial charge in [-0.05, 0) is 79.4 Å². The number of carbonyl (C=O) groups excluding carboxylic acids is 1. The molecule has 6 rings (SSSR count). The van der Waals surface area contributed by atoms with Gasteiger partial charge in [-0.25, -0.2) is 8.91 Å². The van der Waals surface area contributed by atoms with E-state index in [1.54, 1.807) is 34.8 Å². The molecule has 2 aromatic heterocycles. The predicted molar refractivity (Wildman–Crippen MR) is 155 cm³/mol. The Balaban J connectivity index is 1.48. The average molecular weight is 583 g/mol. The van der Waals surface area contributed by atoms with Crippen LogP contribution in [0.25, 0.3) is 16.8 Å². The number of anilines is 2. The zero-order valence-corrected chi connectivity index (χ0v) is 22.9. The molecule has 0 fully saturated rings. The van der Waals surface area contributed by atoms with Crippen LogP contribution in [0, 0.1) is 5.82 Å². The van der Waals surface area contributed by atoms with Crippen LogP contribution in [0.15, 0.2) is 66.7 Å². The minimum absolute atomic E-state index is 0.292. The van der Waals surface area contributed by atoms with Crippen molar-refractivity contribution in [3.05, 3.63) is 105 Å². The minimum atomic E-state index is -0.317. The van der Waals surface area contributed by atoms with Gasteiger partial charge in [0.25, 0.3) is 5.91 Å². The summed E-state index contributed by atoms with van der Waals surface area (Å²) in [5.74, 6) is 0.172. The third kappa shape index (κ3) is 4.98. The summed E-state index contributed by atoms with van der Waals surface area (Å²) in [5.41, 5.74) is 5.42. The van der Waals surface area contributed by atoms with Crippen molar-refractivity contribution in [2.45, 2.75) is 32.4 Å². The molecule has 0 bridgehead atoms. The van der Waals surface area contributed by atoms with E-state index in [4.69, 9.17) is 39.9 Å². The number of halogens is 4. The summed E-state index contributed by atoms with van der Waals surface area (Å²) in [6, 6.07) is 18.7. The number of nitrogens with zero attached hydrogens (tertiary/aromatic N) is 3. The second-order valence-electron chi connectivity index (χ2n) is 9.41. The summed E-state index contributed by atoms with van der Waals surface area (Å²) in [4.78, 5) is 13.9. The molecule has 0 saturated heterocycles. The number of carbonyl (C=O) groups is 1. The van der Waals surface area contributed by atoms with E-state index in [1.807, 2.05) is 24.3 Å². The van der Waals surface area contributed by atoms with Gasteiger partial charge in [-0.15, -0.1) is 0 Å². The normalized spacial score (nSPS) is 12.9. The minimum Gasteiger partial charge on any atom is -0.378 e. The number of benzene rings is 3. The van der Waals surface area contributed by atoms with E-state index in [-0.39, 0.29) is 11.7 Å². The van der Waals surface area contributed by atoms with E-state index in [1.165, 1.54) is 12.1 Å². The van der Waals surface area contributed by atoms with Crippen molar-refractivity contribution in [2.75, 3.05) is 10.6 Å². The Morgan fingerprint density at radius 1 is 0.923 bits per heavy atom. The summed E-state index contributed by atoms with van der Waals surface area (Å²) >= 11 is 18.5. The fourth-order valence-electron chi connectivity index (χ4n) is 5.09. The quantitative estimate of drug-likeness (QED) is 0.213. The molecule has 0 spiro atoms. The van der Waals surface area contributed by atoms with Gasteiger partial charge in [-0.3, -0.25) is 4.79 Å². The molecule has 1 aliphatic rings. The standard InChI is InChI=1S/C29H23Cl3FN5O/c30-18-6-4-17(5-7-18)26-22-3-1-2-14-37-25(16-34-20-10-8-19(33)9-11-20)36-38(29(22)37)27(26)28(39)35-21-12-13-23(31)24(32)15-21/h4-13,15,34H,1-3,14,16H2,(H,35,39). The van der Waals surface area contributed by atoms with E-state index in [9.17, 15) is 9.18 Å². The van der Waals surface area contributed by atoms with Crippen molar-refractivity contribution in [2.24, 2.45) is 0 Å². The van der Waals surface area contributed by atoms with E-state index in [0.29, 0.717) is 33.0 Å². The molecule has 1 aliphatic heterocycles. The van der Waals surface area contributed by atoms with Crippen LogP contribution in [-0.2, 0) is 19.5 Å². The molecule has 0 atom stereocenters. The lowest BCUT2D eigenvalue weighted by atomic mass is 9.98. The van der Waals surface area contributed by atoms with Crippen LogP contribution in [0.1, 0.15) is 34.7 Å². The lowest BCUT2D eigenvalue weighted by Gasteiger charge is -2.11. The zero-order valence-electron chi connectivity index (χ0n) is 20.6. The Labute approximate surface area is 239 Å². The fraction of sp³-hybridized carbons (Fsp3) is 0.172. The molecule has 2 N–H and O–H groups in total. The Morgan fingerprint density at radius 3 is 2.41 bits per heavy atom. The van der Waals surface area contributed by atoms with E-state index >= 15 is 0 Å². The third-order valence-corrected chi connectivity index (χ3v) is 7.87. The first-order valence-corrected chi connectivity index (χ1v) is 13.7. The third-order valence-electron chi connectivity index (χ3n) is 6.88. The lowest BCUT2D eigenvalue weighted by molar-refractivity contribution is 0.102. The number of aromatic nitrogens is 3. The van der Waals surface area contributed by atoms with Crippen molar-refractivity contribution in [1.82, 2.24) is 14.2 Å². The molecule has 198 valence electrons. The van der Waals surface area contributed by atoms with Gasteiger partial charge < -0.3 is 15.2 Å². The average Bonchev–Trinajstić information content (AvgIpc) is 3.32. The monoisotopic (exact) mass is 581 g/mol. The number of hydrogen-bond acceptors (Lipinski definition) is 3. The molecular formula is C29H23Cl3FN5O. The summed E-state index contributed by atoms with van der Waals surface area (Å²) in [5, 5.41) is 12.6. The van der Waals surface area contributed by atoms with Crippen molar-refractivity contribution in [3.8, 4) is 11.1 Å². The highest BCUT2D eigenvalue weighted by Crippen LogP contribution is 2.38. The van der Waals surface area contributed by atoms with Gasteiger partial charge in [0.1, 0.15) is 17.2 Å². The highest BCUT2D eigenvalue weighted by Gasteiger charge is 2.30. The molecule has 3 heterocycles. The molecule has 1 amide bonds. The van der Waals surface area contributed by atoms with Crippen LogP contribution in [-0.4, -0.2) is 20.1 Å². The first kappa shape index (κ1) is 25.7. The second kappa shape index (κ2) is 10.6. The van der Waals surface area contributed by atoms with E-state index < -0.39 is 0 Å². The highest BCUT2D eigenvalue weighted by molar-refractivity contribution is 6.42. The zero-order chi connectivity index (χ0) is 27.1. The van der Waals surface area contributed by atoms with Gasteiger partial charge >= 0.3 is 0 Å². The Bertz CT molecular complexity index is 1690. The molecule has 39 heavy (non-hydrogen) atoms. The van der Waals surface area contributed by atoms with Gasteiger partial charge in [0.05, 0.1) is 16.6 Å². The van der Waals surface area contributed by atoms with Gasteiger partial charge in [0, 0.05) is 34.1 Å². The van der Waals surface area contributed by atoms with E-state index in [2.05, 4.69) is 15.2 Å². The van der Waals surface area contributed by atoms with E-state index in [0.717, 1.165) is 59.7 Å². The van der Waals surface area contributed by atoms with Crippen LogP contribution < -0.4 is 10.6 Å². The van der Waals surface area contributed by atoms with Crippen LogP contribution in [0.3, 0.4) is 0 Å². The van der Waals surface area contributed by atoms with Gasteiger partial charge in [0.15, 0.2) is 5.82 Å². The maximum absolute atomic E-state index is 13.9. The van der Waals surface area contributed by atoms with Crippen LogP contribution in [0.4, 0.5) is 15.8 Å². The molecule has 6 nitrogen and oxygen atoms in total. The number of nitrogens with one attached hydrogen (secondary N) is 2. The largest absolute Gasteiger partial charge is 0.378 e. The molecule has 0 aliphatic carbocycles. The summed E-state index contributed by atoms with van der Waals surface area (Å²) < 4.78 is 17.3. The van der Waals surface area contributed by atoms with Crippen molar-refractivity contribution in [3.63, 3.8) is 0 Å². The first-order valence-electron chi connectivity index (χ1n) is 12.5. The summed E-state index contributed by atoms with van der Waals surface area (Å²) in [6.07, 6.45) is 2.76. The smallest absolute Gasteiger partial charge is 0.275 e. The molecule has 5 aromatic rings. The van der Waals surface area contributed by atoms with Crippen molar-refractivity contribution in [1.29, 1.82) is 0 Å². The summed E-state index contributed by atoms with van der Waals surface area (Å²) in [6.45, 7) is 1.19. The molecule has 0 radical (unpaired) electrons. The molecular weight excluding hydrogens is 560 g/mol. The predicted octanol–water partition coefficient (Wildman–Crippen LogP) is 8.10. The second-order valence-corrected chi connectivity index (χ2v) is 10.7. The maximum Gasteiger partial charge on any atom is 0.275 e. The van der Waals surface area contributed by atoms with Crippen LogP contribution in [0.5, 0.6) is 0 Å². The lowest BCUT2D eigenvalue weighted by Crippen LogP contribution is -2.16. The number of aryl methyl sites for hydroxylation is 2. The Kier molecular flexibility index (Phi) is 6.97. The topological polar surface area (TPSA) is 63.4 Å². The maximum atomic E-state index is 13.9. The Hall–Kier alpha value is -3.52. The van der Waals surface area contributed by atoms with Gasteiger partial charge in [0.2, 0.25) is 0 Å². The van der Waals surface area contributed by atoms with Gasteiger partial charge in [-0.2, -0.15) is 5.10 Å². The number of hydrogen-bond donors (Lipinski definition) is 2. The Morgan fingerprint density at radius 2 is 1.67 bits per heavy atom. The molecule has 0 unspecified atom stereocenters. The molecule has 10 heteroatoms. The first-order chi connectivity index (χ1) is 18.9. The fourth-order valence-corrected chi connectivity index (χ4v) is 5.51. The SMILES string of the molecule is O=C(Nc1ccc(Cl)c(Cl)c1)c1c(-c2ccc(Cl)cc2)c2c3n(c(CNc4ccc(F)cc4)nn13)CCCC2. The molecule has 0 saturated carbocycles. The number of rotatable bonds is 6. The van der Waals surface area contributed by atoms with Crippen LogP contribution in [0.2, 0.25) is 15.1 Å².